The maximum atomic E-state index is 13.6. The summed E-state index contributed by atoms with van der Waals surface area (Å²) in [5.41, 5.74) is 0.384. The molecule has 0 bridgehead atoms. The van der Waals surface area contributed by atoms with Gasteiger partial charge in [-0.1, -0.05) is 11.8 Å². The van der Waals surface area contributed by atoms with Gasteiger partial charge in [-0.3, -0.25) is 0 Å². The van der Waals surface area contributed by atoms with Crippen LogP contribution in [0, 0.1) is 23.0 Å². The molecule has 0 unspecified atom stereocenters. The number of ether oxygens (including phenoxy) is 1. The van der Waals surface area contributed by atoms with E-state index in [1.807, 2.05) is 6.07 Å². The molecule has 2 aromatic carbocycles. The molecule has 2 nitrogen and oxygen atoms in total. The van der Waals surface area contributed by atoms with Crippen molar-refractivity contribution >= 4 is 11.8 Å². The van der Waals surface area contributed by atoms with Crippen molar-refractivity contribution < 1.29 is 13.5 Å². The van der Waals surface area contributed by atoms with E-state index in [-0.39, 0.29) is 4.90 Å². The second kappa shape index (κ2) is 5.72. The first-order valence-electron chi connectivity index (χ1n) is 5.35. The third-order valence-corrected chi connectivity index (χ3v) is 3.51. The molecule has 0 saturated heterocycles. The lowest BCUT2D eigenvalue weighted by Crippen LogP contribution is -1.88. The van der Waals surface area contributed by atoms with E-state index in [4.69, 9.17) is 10.00 Å². The van der Waals surface area contributed by atoms with Crippen LogP contribution in [0.25, 0.3) is 0 Å². The van der Waals surface area contributed by atoms with Crippen molar-refractivity contribution in [3.63, 3.8) is 0 Å². The maximum absolute atomic E-state index is 13.6. The lowest BCUT2D eigenvalue weighted by atomic mass is 10.2. The third kappa shape index (κ3) is 3.04. The zero-order chi connectivity index (χ0) is 13.8. The molecule has 0 aliphatic rings. The molecule has 19 heavy (non-hydrogen) atoms. The van der Waals surface area contributed by atoms with Crippen molar-refractivity contribution in [1.82, 2.24) is 0 Å². The van der Waals surface area contributed by atoms with E-state index in [0.717, 1.165) is 30.0 Å². The molecule has 0 aliphatic carbocycles. The second-order valence-electron chi connectivity index (χ2n) is 3.65. The van der Waals surface area contributed by atoms with Crippen molar-refractivity contribution in [3.05, 3.63) is 53.6 Å². The fourth-order valence-corrected chi connectivity index (χ4v) is 2.45. The van der Waals surface area contributed by atoms with Crippen LogP contribution >= 0.6 is 11.8 Å². The normalized spacial score (nSPS) is 10.0. The Morgan fingerprint density at radius 2 is 1.89 bits per heavy atom. The summed E-state index contributed by atoms with van der Waals surface area (Å²) in [6, 6.07) is 10.1. The predicted octanol–water partition coefficient (Wildman–Crippen LogP) is 4.00. The number of methoxy groups -OCH3 is 1. The monoisotopic (exact) mass is 277 g/mol. The molecule has 96 valence electrons. The molecule has 0 amide bonds. The quantitative estimate of drug-likeness (QED) is 0.850. The lowest BCUT2D eigenvalue weighted by molar-refractivity contribution is 0.413. The highest BCUT2D eigenvalue weighted by molar-refractivity contribution is 7.99. The van der Waals surface area contributed by atoms with Crippen LogP contribution in [0.4, 0.5) is 8.78 Å². The largest absolute Gasteiger partial charge is 0.497 e. The summed E-state index contributed by atoms with van der Waals surface area (Å²) in [7, 11) is 1.50. The van der Waals surface area contributed by atoms with E-state index in [9.17, 15) is 8.78 Å². The van der Waals surface area contributed by atoms with Crippen LogP contribution in [-0.4, -0.2) is 7.11 Å². The lowest BCUT2D eigenvalue weighted by Gasteiger charge is -2.07. The highest BCUT2D eigenvalue weighted by Gasteiger charge is 2.10. The summed E-state index contributed by atoms with van der Waals surface area (Å²) in [5.74, 6) is -0.498. The van der Waals surface area contributed by atoms with Crippen molar-refractivity contribution in [2.45, 2.75) is 9.79 Å². The van der Waals surface area contributed by atoms with Crippen LogP contribution in [-0.2, 0) is 0 Å². The number of benzene rings is 2. The van der Waals surface area contributed by atoms with E-state index in [2.05, 4.69) is 0 Å². The van der Waals surface area contributed by atoms with Crippen molar-refractivity contribution in [2.24, 2.45) is 0 Å². The van der Waals surface area contributed by atoms with Crippen LogP contribution in [0.1, 0.15) is 5.56 Å². The highest BCUT2D eigenvalue weighted by Crippen LogP contribution is 2.34. The molecule has 2 rings (SSSR count). The fourth-order valence-electron chi connectivity index (χ4n) is 1.48. The van der Waals surface area contributed by atoms with Crippen LogP contribution in [0.15, 0.2) is 46.2 Å². The average molecular weight is 277 g/mol. The Morgan fingerprint density at radius 3 is 2.58 bits per heavy atom. The van der Waals surface area contributed by atoms with Gasteiger partial charge in [-0.05, 0) is 36.4 Å². The first kappa shape index (κ1) is 13.4. The van der Waals surface area contributed by atoms with E-state index in [0.29, 0.717) is 16.2 Å². The zero-order valence-electron chi connectivity index (χ0n) is 9.98. The molecular weight excluding hydrogens is 268 g/mol. The highest BCUT2D eigenvalue weighted by atomic mass is 32.2. The molecule has 0 radical (unpaired) electrons. The summed E-state index contributed by atoms with van der Waals surface area (Å²) in [6.45, 7) is 0. The van der Waals surface area contributed by atoms with Gasteiger partial charge in [0.25, 0.3) is 0 Å². The van der Waals surface area contributed by atoms with E-state index >= 15 is 0 Å². The Bertz CT molecular complexity index is 652. The Labute approximate surface area is 113 Å². The molecule has 0 fully saturated rings. The summed E-state index contributed by atoms with van der Waals surface area (Å²) >= 11 is 0.992. The van der Waals surface area contributed by atoms with Gasteiger partial charge in [-0.25, -0.2) is 8.78 Å². The van der Waals surface area contributed by atoms with Crippen LogP contribution in [0.2, 0.25) is 0 Å². The Morgan fingerprint density at radius 1 is 1.11 bits per heavy atom. The van der Waals surface area contributed by atoms with Gasteiger partial charge in [0, 0.05) is 4.90 Å². The average Bonchev–Trinajstić information content (AvgIpc) is 2.42. The first-order chi connectivity index (χ1) is 9.13. The molecule has 0 N–H and O–H groups in total. The first-order valence-corrected chi connectivity index (χ1v) is 6.16. The number of nitrogens with zero attached hydrogens (tertiary/aromatic N) is 1. The number of halogens is 2. The van der Waals surface area contributed by atoms with Gasteiger partial charge in [0.05, 0.1) is 17.6 Å². The predicted molar refractivity (Wildman–Crippen MR) is 68.2 cm³/mol. The van der Waals surface area contributed by atoms with Crippen molar-refractivity contribution in [2.75, 3.05) is 7.11 Å². The van der Waals surface area contributed by atoms with Gasteiger partial charge in [0.1, 0.15) is 23.5 Å². The number of rotatable bonds is 3. The van der Waals surface area contributed by atoms with Crippen molar-refractivity contribution in [1.29, 1.82) is 5.26 Å². The molecule has 0 heterocycles. The van der Waals surface area contributed by atoms with Gasteiger partial charge in [-0.2, -0.15) is 5.26 Å². The molecule has 5 heteroatoms. The molecule has 0 spiro atoms. The molecule has 0 aliphatic heterocycles. The Hall–Kier alpha value is -2.06. The standard InChI is InChI=1S/C14H9F2NOS/c1-18-11-4-2-9(8-17)13(7-11)19-14-6-10(15)3-5-12(14)16/h2-7H,1H3. The fraction of sp³-hybridized carbons (Fsp3) is 0.0714. The van der Waals surface area contributed by atoms with Gasteiger partial charge in [-0.15, -0.1) is 0 Å². The van der Waals surface area contributed by atoms with Crippen molar-refractivity contribution in [3.8, 4) is 11.8 Å². The van der Waals surface area contributed by atoms with Gasteiger partial charge >= 0.3 is 0 Å². The molecule has 0 saturated carbocycles. The van der Waals surface area contributed by atoms with E-state index in [1.165, 1.54) is 7.11 Å². The van der Waals surface area contributed by atoms with E-state index < -0.39 is 11.6 Å². The van der Waals surface area contributed by atoms with Gasteiger partial charge in [0.2, 0.25) is 0 Å². The Kier molecular flexibility index (Phi) is 4.03. The summed E-state index contributed by atoms with van der Waals surface area (Å²) in [6.07, 6.45) is 0. The topological polar surface area (TPSA) is 33.0 Å². The Balaban J connectivity index is 2.42. The number of nitriles is 1. The zero-order valence-corrected chi connectivity index (χ0v) is 10.8. The minimum atomic E-state index is -0.530. The minimum Gasteiger partial charge on any atom is -0.497 e. The van der Waals surface area contributed by atoms with E-state index in [1.54, 1.807) is 18.2 Å². The van der Waals surface area contributed by atoms with Crippen LogP contribution in [0.5, 0.6) is 5.75 Å². The van der Waals surface area contributed by atoms with Gasteiger partial charge in [0.15, 0.2) is 0 Å². The summed E-state index contributed by atoms with van der Waals surface area (Å²) in [5, 5.41) is 9.01. The third-order valence-electron chi connectivity index (χ3n) is 2.42. The smallest absolute Gasteiger partial charge is 0.137 e. The molecular formula is C14H9F2NOS. The van der Waals surface area contributed by atoms with Crippen LogP contribution < -0.4 is 4.74 Å². The maximum Gasteiger partial charge on any atom is 0.137 e. The minimum absolute atomic E-state index is 0.129. The molecule has 0 aromatic heterocycles. The summed E-state index contributed by atoms with van der Waals surface area (Å²) in [4.78, 5) is 0.649. The number of hydrogen-bond acceptors (Lipinski definition) is 3. The molecule has 0 atom stereocenters. The molecule has 2 aromatic rings. The van der Waals surface area contributed by atoms with Crippen LogP contribution in [0.3, 0.4) is 0 Å². The second-order valence-corrected chi connectivity index (χ2v) is 4.73. The summed E-state index contributed by atoms with van der Waals surface area (Å²) < 4.78 is 31.7. The SMILES string of the molecule is COc1ccc(C#N)c(Sc2cc(F)ccc2F)c1. The van der Waals surface area contributed by atoms with Gasteiger partial charge < -0.3 is 4.74 Å². The number of hydrogen-bond donors (Lipinski definition) is 0.